The van der Waals surface area contributed by atoms with Gasteiger partial charge >= 0.3 is 12.3 Å². The van der Waals surface area contributed by atoms with Crippen LogP contribution in [-0.4, -0.2) is 66.0 Å². The molecule has 0 aromatic carbocycles. The highest BCUT2D eigenvalue weighted by Gasteiger charge is 2.46. The van der Waals surface area contributed by atoms with Gasteiger partial charge in [0.25, 0.3) is 5.78 Å². The van der Waals surface area contributed by atoms with Crippen LogP contribution in [0.15, 0.2) is 0 Å². The average Bonchev–Trinajstić information content (AvgIpc) is 3.11. The first-order valence-electron chi connectivity index (χ1n) is 9.96. The van der Waals surface area contributed by atoms with E-state index in [1.54, 1.807) is 20.8 Å². The van der Waals surface area contributed by atoms with Gasteiger partial charge in [-0.25, -0.2) is 4.79 Å². The van der Waals surface area contributed by atoms with Crippen LogP contribution >= 0.6 is 0 Å². The number of Topliss-reactive ketones (excluding diaryl/α,β-unsaturated/α-hetero) is 1. The van der Waals surface area contributed by atoms with Crippen LogP contribution < -0.4 is 10.6 Å². The Kier molecular flexibility index (Phi) is 9.10. The predicted molar refractivity (Wildman–Crippen MR) is 101 cm³/mol. The molecule has 8 nitrogen and oxygen atoms in total. The number of ether oxygens (including phenoxy) is 1. The van der Waals surface area contributed by atoms with Crippen LogP contribution in [0.1, 0.15) is 47.5 Å². The van der Waals surface area contributed by atoms with E-state index in [0.717, 1.165) is 0 Å². The molecule has 0 spiro atoms. The molecule has 1 fully saturated rings. The van der Waals surface area contributed by atoms with E-state index in [9.17, 15) is 32.3 Å². The molecule has 0 aromatic heterocycles. The number of nitrogens with zero attached hydrogens (tertiary/aromatic N) is 1. The molecule has 2 N–H and O–H groups in total. The second-order valence-corrected chi connectivity index (χ2v) is 7.87. The number of alkyl carbamates (subject to hydrolysis) is 1. The first-order chi connectivity index (χ1) is 13.8. The topological polar surface area (TPSA) is 105 Å². The van der Waals surface area contributed by atoms with Gasteiger partial charge in [0.15, 0.2) is 0 Å². The third kappa shape index (κ3) is 6.60. The number of carbonyl (C=O) groups excluding carboxylic acids is 4. The highest BCUT2D eigenvalue weighted by Crippen LogP contribution is 2.24. The molecule has 1 aliphatic heterocycles. The number of hydrogen-bond donors (Lipinski definition) is 2. The average molecular weight is 437 g/mol. The van der Waals surface area contributed by atoms with Crippen molar-refractivity contribution in [2.75, 3.05) is 13.2 Å². The van der Waals surface area contributed by atoms with E-state index in [1.165, 1.54) is 18.7 Å². The zero-order valence-electron chi connectivity index (χ0n) is 17.8. The third-order valence-electron chi connectivity index (χ3n) is 4.85. The zero-order valence-corrected chi connectivity index (χ0v) is 17.8. The van der Waals surface area contributed by atoms with Crippen molar-refractivity contribution in [3.05, 3.63) is 0 Å². The monoisotopic (exact) mass is 437 g/mol. The van der Waals surface area contributed by atoms with Crippen LogP contribution in [0.5, 0.6) is 0 Å². The van der Waals surface area contributed by atoms with E-state index in [0.29, 0.717) is 6.42 Å². The lowest BCUT2D eigenvalue weighted by atomic mass is 9.98. The molecule has 0 radical (unpaired) electrons. The molecule has 30 heavy (non-hydrogen) atoms. The third-order valence-corrected chi connectivity index (χ3v) is 4.85. The van der Waals surface area contributed by atoms with Gasteiger partial charge in [0.2, 0.25) is 11.8 Å². The number of halogens is 3. The number of nitrogens with one attached hydrogen (secondary N) is 2. The van der Waals surface area contributed by atoms with Crippen molar-refractivity contribution < 1.29 is 37.1 Å². The summed E-state index contributed by atoms with van der Waals surface area (Å²) < 4.78 is 43.4. The number of amides is 3. The van der Waals surface area contributed by atoms with Gasteiger partial charge in [-0.1, -0.05) is 27.7 Å². The van der Waals surface area contributed by atoms with Gasteiger partial charge in [0.1, 0.15) is 12.1 Å². The van der Waals surface area contributed by atoms with Crippen molar-refractivity contribution in [2.45, 2.75) is 71.8 Å². The van der Waals surface area contributed by atoms with E-state index in [-0.39, 0.29) is 25.5 Å². The molecule has 0 unspecified atom stereocenters. The van der Waals surface area contributed by atoms with Gasteiger partial charge in [0, 0.05) is 6.54 Å². The maximum Gasteiger partial charge on any atom is 0.452 e. The zero-order chi connectivity index (χ0) is 23.2. The Hall–Kier alpha value is -2.33. The van der Waals surface area contributed by atoms with E-state index >= 15 is 0 Å². The number of carbonyl (C=O) groups is 4. The molecule has 1 aliphatic rings. The Bertz CT molecular complexity index is 652. The SMILES string of the molecule is CCOC(=O)N[C@H](C(=O)N1CCC[C@H]1C(=O)N[C@H](C(=O)C(F)(F)F)C(C)C)C(C)C. The second-order valence-electron chi connectivity index (χ2n) is 7.87. The van der Waals surface area contributed by atoms with Crippen LogP contribution in [-0.2, 0) is 19.1 Å². The van der Waals surface area contributed by atoms with E-state index < -0.39 is 53.9 Å². The number of likely N-dealkylation sites (tertiary alicyclic amines) is 1. The summed E-state index contributed by atoms with van der Waals surface area (Å²) in [4.78, 5) is 50.3. The van der Waals surface area contributed by atoms with Crippen molar-refractivity contribution in [3.63, 3.8) is 0 Å². The summed E-state index contributed by atoms with van der Waals surface area (Å²) in [7, 11) is 0. The molecule has 3 amide bonds. The molecule has 1 heterocycles. The standard InChI is InChI=1S/C19H30F3N3O5/c1-6-30-18(29)24-14(11(4)5)17(28)25-9-7-8-12(25)16(27)23-13(10(2)3)15(26)19(20,21)22/h10-14H,6-9H2,1-5H3,(H,23,27)(H,24,29)/t12-,13-,14-/m0/s1. The fourth-order valence-electron chi connectivity index (χ4n) is 3.26. The Morgan fingerprint density at radius 3 is 2.07 bits per heavy atom. The minimum absolute atomic E-state index is 0.114. The summed E-state index contributed by atoms with van der Waals surface area (Å²) in [5.41, 5.74) is 0. The molecule has 3 atom stereocenters. The number of hydrogen-bond acceptors (Lipinski definition) is 5. The fourth-order valence-corrected chi connectivity index (χ4v) is 3.26. The highest BCUT2D eigenvalue weighted by atomic mass is 19.4. The molecule has 0 aliphatic carbocycles. The van der Waals surface area contributed by atoms with E-state index in [2.05, 4.69) is 10.6 Å². The molecule has 0 saturated carbocycles. The normalized spacial score (nSPS) is 18.9. The lowest BCUT2D eigenvalue weighted by Crippen LogP contribution is -2.58. The van der Waals surface area contributed by atoms with E-state index in [1.807, 2.05) is 0 Å². The lowest BCUT2D eigenvalue weighted by molar-refractivity contribution is -0.175. The first kappa shape index (κ1) is 25.7. The number of alkyl halides is 3. The van der Waals surface area contributed by atoms with Crippen LogP contribution in [0, 0.1) is 11.8 Å². The van der Waals surface area contributed by atoms with Crippen LogP contribution in [0.4, 0.5) is 18.0 Å². The Balaban J connectivity index is 2.98. The molecule has 0 bridgehead atoms. The smallest absolute Gasteiger partial charge is 0.450 e. The Morgan fingerprint density at radius 2 is 1.60 bits per heavy atom. The maximum absolute atomic E-state index is 13.0. The minimum Gasteiger partial charge on any atom is -0.450 e. The van der Waals surface area contributed by atoms with E-state index in [4.69, 9.17) is 4.74 Å². The minimum atomic E-state index is -5.08. The first-order valence-corrected chi connectivity index (χ1v) is 9.96. The second kappa shape index (κ2) is 10.6. The van der Waals surface area contributed by atoms with Gasteiger partial charge < -0.3 is 20.3 Å². The Labute approximate surface area is 173 Å². The molecular weight excluding hydrogens is 407 g/mol. The molecule has 172 valence electrons. The van der Waals surface area contributed by atoms with Crippen molar-refractivity contribution >= 4 is 23.7 Å². The Morgan fingerprint density at radius 1 is 1.03 bits per heavy atom. The highest BCUT2D eigenvalue weighted by molar-refractivity contribution is 5.96. The van der Waals surface area contributed by atoms with Gasteiger partial charge in [-0.2, -0.15) is 13.2 Å². The van der Waals surface area contributed by atoms with Crippen LogP contribution in [0.25, 0.3) is 0 Å². The number of ketones is 1. The molecule has 1 rings (SSSR count). The lowest BCUT2D eigenvalue weighted by Gasteiger charge is -2.31. The summed E-state index contributed by atoms with van der Waals surface area (Å²) >= 11 is 0. The summed E-state index contributed by atoms with van der Waals surface area (Å²) in [5.74, 6) is -4.50. The van der Waals surface area contributed by atoms with Gasteiger partial charge in [-0.3, -0.25) is 14.4 Å². The molecular formula is C19H30F3N3O5. The van der Waals surface area contributed by atoms with Gasteiger partial charge in [0.05, 0.1) is 12.6 Å². The quantitative estimate of drug-likeness (QED) is 0.605. The number of rotatable bonds is 8. The summed E-state index contributed by atoms with van der Waals surface area (Å²) in [6.45, 7) is 8.13. The van der Waals surface area contributed by atoms with Crippen molar-refractivity contribution in [1.82, 2.24) is 15.5 Å². The maximum atomic E-state index is 13.0. The summed E-state index contributed by atoms with van der Waals surface area (Å²) in [6, 6.07) is -3.73. The molecule has 11 heteroatoms. The largest absolute Gasteiger partial charge is 0.452 e. The summed E-state index contributed by atoms with van der Waals surface area (Å²) in [6.07, 6.45) is -5.15. The molecule has 1 saturated heterocycles. The van der Waals surface area contributed by atoms with Crippen molar-refractivity contribution in [2.24, 2.45) is 11.8 Å². The van der Waals surface area contributed by atoms with Gasteiger partial charge in [-0.05, 0) is 31.6 Å². The predicted octanol–water partition coefficient (Wildman–Crippen LogP) is 2.02. The van der Waals surface area contributed by atoms with Gasteiger partial charge in [-0.15, -0.1) is 0 Å². The summed E-state index contributed by atoms with van der Waals surface area (Å²) in [5, 5.41) is 4.63. The van der Waals surface area contributed by atoms with Crippen molar-refractivity contribution in [1.29, 1.82) is 0 Å². The fraction of sp³-hybridized carbons (Fsp3) is 0.789. The van der Waals surface area contributed by atoms with Crippen molar-refractivity contribution in [3.8, 4) is 0 Å². The van der Waals surface area contributed by atoms with Crippen LogP contribution in [0.2, 0.25) is 0 Å². The molecule has 0 aromatic rings. The van der Waals surface area contributed by atoms with Crippen LogP contribution in [0.3, 0.4) is 0 Å².